The van der Waals surface area contributed by atoms with Gasteiger partial charge in [-0.15, -0.1) is 0 Å². The minimum absolute atomic E-state index is 0. The van der Waals surface area contributed by atoms with Crippen LogP contribution in [0.15, 0.2) is 20.9 Å². The Labute approximate surface area is 164 Å². The smallest absolute Gasteiger partial charge is 0.790 e. The number of phosphoric acid groups is 1. The molecule has 2 heterocycles. The van der Waals surface area contributed by atoms with Crippen LogP contribution in [-0.4, -0.2) is 66.0 Å². The van der Waals surface area contributed by atoms with Gasteiger partial charge >= 0.3 is 43.4 Å². The number of hydrogen-bond acceptors (Lipinski definition) is 8. The fraction of sp³-hybridized carbons (Fsp3) is 0.600. The third kappa shape index (κ3) is 5.41. The van der Waals surface area contributed by atoms with Gasteiger partial charge in [0.2, 0.25) is 0 Å². The van der Waals surface area contributed by atoms with Crippen LogP contribution in [0.3, 0.4) is 0 Å². The van der Waals surface area contributed by atoms with Gasteiger partial charge in [-0.1, -0.05) is 5.11 Å². The molecule has 24 heavy (non-hydrogen) atoms. The van der Waals surface area contributed by atoms with E-state index in [0.29, 0.717) is 0 Å². The van der Waals surface area contributed by atoms with Gasteiger partial charge in [-0.25, -0.2) is 4.79 Å². The van der Waals surface area contributed by atoms with Gasteiger partial charge in [0.15, 0.2) is 0 Å². The number of H-pyrrole nitrogens is 1. The third-order valence-electron chi connectivity index (χ3n) is 3.26. The molecule has 0 saturated carbocycles. The molecule has 3 atom stereocenters. The van der Waals surface area contributed by atoms with Crippen molar-refractivity contribution in [2.75, 3.05) is 6.61 Å². The Balaban J connectivity index is 0.00000288. The number of hydrogen-bond donors (Lipinski definition) is 1. The molecule has 1 aromatic heterocycles. The van der Waals surface area contributed by atoms with E-state index in [1.807, 2.05) is 0 Å². The summed E-state index contributed by atoms with van der Waals surface area (Å²) >= 11 is 0. The van der Waals surface area contributed by atoms with Crippen LogP contribution in [0.2, 0.25) is 0 Å². The van der Waals surface area contributed by atoms with Gasteiger partial charge in [0.25, 0.3) is 5.56 Å². The first-order valence-electron chi connectivity index (χ1n) is 6.39. The van der Waals surface area contributed by atoms with E-state index in [4.69, 9.17) is 10.3 Å². The molecule has 0 amide bonds. The molecule has 2 rings (SSSR count). The van der Waals surface area contributed by atoms with Crippen LogP contribution in [0.1, 0.15) is 18.2 Å². The summed E-state index contributed by atoms with van der Waals surface area (Å²) < 4.78 is 21.2. The Morgan fingerprint density at radius 3 is 2.83 bits per heavy atom. The minimum Gasteiger partial charge on any atom is -0.790 e. The molecule has 0 radical (unpaired) electrons. The number of phosphoric ester groups is 1. The zero-order chi connectivity index (χ0) is 17.2. The third-order valence-corrected chi connectivity index (χ3v) is 3.72. The Bertz CT molecular complexity index is 798. The number of ether oxygens (including phenoxy) is 1. The van der Waals surface area contributed by atoms with Gasteiger partial charge in [-0.2, -0.15) is 0 Å². The average molecular weight is 385 g/mol. The number of nitrogens with one attached hydrogen (secondary N) is 1. The standard InChI is InChI=1S/C10H14N5O7P.Ca/c1-5-3-15(10(17)12-9(5)16)8-2-6(13-14-11)7(22-8)4-21-23(18,19)20;/h3,6-8H,2,4H2,1H3,(H,12,16,17)(H2,18,19,20);/q;+2/p-2/t6-,7+,8+;/m0./s1. The van der Waals surface area contributed by atoms with E-state index in [1.54, 1.807) is 0 Å². The molecule has 12 nitrogen and oxygen atoms in total. The molecule has 126 valence electrons. The van der Waals surface area contributed by atoms with E-state index < -0.39 is 44.1 Å². The van der Waals surface area contributed by atoms with Crippen molar-refractivity contribution >= 4 is 45.6 Å². The number of aromatic nitrogens is 2. The molecule has 0 unspecified atom stereocenters. The number of nitrogens with zero attached hydrogens (tertiary/aromatic N) is 4. The van der Waals surface area contributed by atoms with Crippen molar-refractivity contribution in [3.05, 3.63) is 43.0 Å². The van der Waals surface area contributed by atoms with Gasteiger partial charge < -0.3 is 23.6 Å². The quantitative estimate of drug-likeness (QED) is 0.205. The number of aryl methyl sites for hydroxylation is 1. The summed E-state index contributed by atoms with van der Waals surface area (Å²) in [6.07, 6.45) is -0.606. The molecular formula is C10H12CaN5O7P. The maximum Gasteiger partial charge on any atom is 2.00 e. The molecule has 0 aromatic carbocycles. The first-order chi connectivity index (χ1) is 10.7. The summed E-state index contributed by atoms with van der Waals surface area (Å²) in [5.74, 6) is 0. The van der Waals surface area contributed by atoms with Gasteiger partial charge in [0, 0.05) is 23.1 Å². The molecule has 1 aromatic rings. The molecule has 1 saturated heterocycles. The zero-order valence-electron chi connectivity index (χ0n) is 12.5. The molecule has 1 fully saturated rings. The largest absolute Gasteiger partial charge is 2.00 e. The van der Waals surface area contributed by atoms with Crippen molar-refractivity contribution in [2.24, 2.45) is 5.11 Å². The molecule has 0 spiro atoms. The summed E-state index contributed by atoms with van der Waals surface area (Å²) in [4.78, 5) is 49.0. The van der Waals surface area contributed by atoms with Crippen LogP contribution in [0.5, 0.6) is 0 Å². The fourth-order valence-corrected chi connectivity index (χ4v) is 2.52. The Hall–Kier alpha value is -0.680. The van der Waals surface area contributed by atoms with E-state index >= 15 is 0 Å². The average Bonchev–Trinajstić information content (AvgIpc) is 2.83. The zero-order valence-corrected chi connectivity index (χ0v) is 15.6. The molecule has 0 bridgehead atoms. The van der Waals surface area contributed by atoms with Crippen LogP contribution >= 0.6 is 7.82 Å². The molecule has 1 aliphatic rings. The monoisotopic (exact) mass is 385 g/mol. The number of azide groups is 1. The second-order valence-electron chi connectivity index (χ2n) is 4.86. The topological polar surface area (TPSA) is 185 Å². The molecule has 1 N–H and O–H groups in total. The second kappa shape index (κ2) is 8.61. The minimum atomic E-state index is -5.21. The Morgan fingerprint density at radius 1 is 1.58 bits per heavy atom. The molecular weight excluding hydrogens is 373 g/mol. The van der Waals surface area contributed by atoms with E-state index in [1.165, 1.54) is 13.1 Å². The van der Waals surface area contributed by atoms with Gasteiger partial charge in [0.1, 0.15) is 6.23 Å². The second-order valence-corrected chi connectivity index (χ2v) is 6.01. The van der Waals surface area contributed by atoms with Crippen molar-refractivity contribution in [1.29, 1.82) is 0 Å². The van der Waals surface area contributed by atoms with E-state index in [0.717, 1.165) is 4.57 Å². The van der Waals surface area contributed by atoms with Crippen molar-refractivity contribution in [3.8, 4) is 0 Å². The van der Waals surface area contributed by atoms with Gasteiger partial charge in [-0.3, -0.25) is 14.3 Å². The summed E-state index contributed by atoms with van der Waals surface area (Å²) in [7, 11) is -5.21. The molecule has 0 aliphatic carbocycles. The predicted octanol–water partition coefficient (Wildman–Crippen LogP) is -1.72. The summed E-state index contributed by atoms with van der Waals surface area (Å²) in [6, 6.07) is -0.837. The van der Waals surface area contributed by atoms with Crippen LogP contribution < -0.4 is 21.0 Å². The van der Waals surface area contributed by atoms with Crippen LogP contribution in [0, 0.1) is 6.92 Å². The van der Waals surface area contributed by atoms with Crippen LogP contribution in [0.4, 0.5) is 0 Å². The first kappa shape index (κ1) is 21.4. The number of aromatic amines is 1. The van der Waals surface area contributed by atoms with Crippen LogP contribution in [0.25, 0.3) is 10.4 Å². The van der Waals surface area contributed by atoms with Gasteiger partial charge in [-0.05, 0) is 12.5 Å². The van der Waals surface area contributed by atoms with Crippen molar-refractivity contribution in [1.82, 2.24) is 9.55 Å². The van der Waals surface area contributed by atoms with Crippen molar-refractivity contribution < 1.29 is 23.6 Å². The SMILES string of the molecule is Cc1cn([C@H]2C[C@H](N=[N+]=[N-])[C@@H](COP(=O)([O-])[O-])O2)c(=O)[nH]c1=O.[Ca+2]. The first-order valence-corrected chi connectivity index (χ1v) is 7.85. The maximum atomic E-state index is 11.8. The van der Waals surface area contributed by atoms with Crippen molar-refractivity contribution in [3.63, 3.8) is 0 Å². The predicted molar refractivity (Wildman–Crippen MR) is 76.8 cm³/mol. The van der Waals surface area contributed by atoms with Crippen molar-refractivity contribution in [2.45, 2.75) is 31.7 Å². The molecule has 14 heteroatoms. The maximum absolute atomic E-state index is 11.8. The Morgan fingerprint density at radius 2 is 2.25 bits per heavy atom. The normalized spacial score (nSPS) is 23.4. The van der Waals surface area contributed by atoms with E-state index in [-0.39, 0.29) is 49.7 Å². The van der Waals surface area contributed by atoms with E-state index in [2.05, 4.69) is 19.5 Å². The summed E-state index contributed by atoms with van der Waals surface area (Å²) in [6.45, 7) is 0.849. The van der Waals surface area contributed by atoms with E-state index in [9.17, 15) is 23.9 Å². The van der Waals surface area contributed by atoms with Gasteiger partial charge in [0.05, 0.1) is 26.6 Å². The fourth-order valence-electron chi connectivity index (χ4n) is 2.19. The summed E-state index contributed by atoms with van der Waals surface area (Å²) in [5.41, 5.74) is 7.51. The summed E-state index contributed by atoms with van der Waals surface area (Å²) in [5, 5.41) is 3.45. The molecule has 1 aliphatic heterocycles. The van der Waals surface area contributed by atoms with Crippen LogP contribution in [-0.2, 0) is 13.8 Å². The number of rotatable bonds is 5. The Kier molecular flexibility index (Phi) is 7.67.